The van der Waals surface area contributed by atoms with Gasteiger partial charge in [-0.05, 0) is 6.92 Å². The number of carbonyl (C=O) groups excluding carboxylic acids is 1. The summed E-state index contributed by atoms with van der Waals surface area (Å²) in [5.41, 5.74) is 5.26. The number of hydrogen-bond donors (Lipinski definition) is 2. The van der Waals surface area contributed by atoms with Crippen molar-refractivity contribution in [1.29, 1.82) is 0 Å². The van der Waals surface area contributed by atoms with Gasteiger partial charge in [-0.25, -0.2) is 4.79 Å². The van der Waals surface area contributed by atoms with Crippen molar-refractivity contribution in [3.63, 3.8) is 0 Å². The fourth-order valence-electron chi connectivity index (χ4n) is 1.46. The van der Waals surface area contributed by atoms with E-state index in [4.69, 9.17) is 10.8 Å². The molecule has 1 aliphatic heterocycles. The van der Waals surface area contributed by atoms with Crippen LogP contribution in [0.15, 0.2) is 0 Å². The van der Waals surface area contributed by atoms with Crippen LogP contribution in [0.4, 0.5) is 0 Å². The number of aliphatic carboxylic acids is 1. The molecule has 0 saturated carbocycles. The van der Waals surface area contributed by atoms with Gasteiger partial charge in [0.1, 0.15) is 6.04 Å². The van der Waals surface area contributed by atoms with Crippen LogP contribution in [0.25, 0.3) is 0 Å². The molecule has 0 spiro atoms. The minimum atomic E-state index is -0.938. The molecule has 2 atom stereocenters. The predicted octanol–water partition coefficient (Wildman–Crippen LogP) is -0.290. The Balaban J connectivity index is 2.71. The van der Waals surface area contributed by atoms with E-state index in [0.29, 0.717) is 5.75 Å². The highest BCUT2D eigenvalue weighted by molar-refractivity contribution is 8.00. The number of carboxylic acid groups (broad SMARTS) is 1. The normalized spacial score (nSPS) is 26.6. The van der Waals surface area contributed by atoms with Crippen molar-refractivity contribution in [2.75, 3.05) is 12.3 Å². The Morgan fingerprint density at radius 1 is 1.64 bits per heavy atom. The molecule has 2 unspecified atom stereocenters. The molecule has 1 fully saturated rings. The molecule has 14 heavy (non-hydrogen) atoms. The van der Waals surface area contributed by atoms with Crippen LogP contribution < -0.4 is 5.73 Å². The Kier molecular flexibility index (Phi) is 3.77. The summed E-state index contributed by atoms with van der Waals surface area (Å²) in [6.07, 6.45) is 0.217. The van der Waals surface area contributed by atoms with E-state index < -0.39 is 12.0 Å². The van der Waals surface area contributed by atoms with Crippen LogP contribution in [0.2, 0.25) is 0 Å². The zero-order valence-electron chi connectivity index (χ0n) is 7.97. The third-order valence-electron chi connectivity index (χ3n) is 2.15. The molecule has 1 amide bonds. The molecule has 0 bridgehead atoms. The summed E-state index contributed by atoms with van der Waals surface area (Å²) in [5, 5.41) is 8.82. The minimum absolute atomic E-state index is 0.0600. The fraction of sp³-hybridized carbons (Fsp3) is 0.750. The molecule has 0 radical (unpaired) electrons. The number of hydrogen-bond acceptors (Lipinski definition) is 4. The highest BCUT2D eigenvalue weighted by Crippen LogP contribution is 2.29. The van der Waals surface area contributed by atoms with Gasteiger partial charge in [0.05, 0.1) is 5.37 Å². The van der Waals surface area contributed by atoms with Gasteiger partial charge >= 0.3 is 5.97 Å². The summed E-state index contributed by atoms with van der Waals surface area (Å²) < 4.78 is 0. The van der Waals surface area contributed by atoms with Crippen LogP contribution in [0, 0.1) is 0 Å². The summed E-state index contributed by atoms with van der Waals surface area (Å²) in [6.45, 7) is 2.10. The zero-order valence-corrected chi connectivity index (χ0v) is 8.79. The van der Waals surface area contributed by atoms with Gasteiger partial charge in [0.2, 0.25) is 5.91 Å². The Morgan fingerprint density at radius 3 is 2.79 bits per heavy atom. The minimum Gasteiger partial charge on any atom is -0.480 e. The molecule has 3 N–H and O–H groups in total. The largest absolute Gasteiger partial charge is 0.480 e. The molecule has 1 aliphatic rings. The molecule has 1 rings (SSSR count). The fourth-order valence-corrected chi connectivity index (χ4v) is 2.65. The lowest BCUT2D eigenvalue weighted by Gasteiger charge is -2.24. The Morgan fingerprint density at radius 2 is 2.29 bits per heavy atom. The summed E-state index contributed by atoms with van der Waals surface area (Å²) in [7, 11) is 0. The van der Waals surface area contributed by atoms with E-state index in [1.165, 1.54) is 16.7 Å². The van der Waals surface area contributed by atoms with Crippen LogP contribution in [-0.4, -0.2) is 45.6 Å². The first-order valence-corrected chi connectivity index (χ1v) is 5.48. The van der Waals surface area contributed by atoms with Gasteiger partial charge in [-0.1, -0.05) is 0 Å². The van der Waals surface area contributed by atoms with E-state index in [1.54, 1.807) is 0 Å². The van der Waals surface area contributed by atoms with Crippen LogP contribution in [0.5, 0.6) is 0 Å². The summed E-state index contributed by atoms with van der Waals surface area (Å²) in [4.78, 5) is 23.8. The predicted molar refractivity (Wildman–Crippen MR) is 53.9 cm³/mol. The van der Waals surface area contributed by atoms with Gasteiger partial charge in [-0.15, -0.1) is 11.8 Å². The highest BCUT2D eigenvalue weighted by atomic mass is 32.2. The maximum absolute atomic E-state index is 11.5. The van der Waals surface area contributed by atoms with E-state index >= 15 is 0 Å². The number of carbonyl (C=O) groups is 2. The standard InChI is InChI=1S/C8H14N2O3S/c1-5-10(7(11)2-3-9)6(4-14-5)8(12)13/h5-6H,2-4,9H2,1H3,(H,12,13). The molecule has 0 aromatic carbocycles. The van der Waals surface area contributed by atoms with Gasteiger partial charge in [-0.2, -0.15) is 0 Å². The molecule has 0 aromatic rings. The van der Waals surface area contributed by atoms with Crippen molar-refractivity contribution < 1.29 is 14.7 Å². The summed E-state index contributed by atoms with van der Waals surface area (Å²) in [6, 6.07) is -0.686. The van der Waals surface area contributed by atoms with Crippen LogP contribution in [0.1, 0.15) is 13.3 Å². The Bertz CT molecular complexity index is 247. The highest BCUT2D eigenvalue weighted by Gasteiger charge is 2.38. The molecule has 5 nitrogen and oxygen atoms in total. The average Bonchev–Trinajstić information content (AvgIpc) is 2.47. The van der Waals surface area contributed by atoms with Gasteiger partial charge in [0.15, 0.2) is 0 Å². The second-order valence-corrected chi connectivity index (χ2v) is 4.48. The lowest BCUT2D eigenvalue weighted by atomic mass is 10.2. The first-order valence-electron chi connectivity index (χ1n) is 4.43. The molecule has 1 saturated heterocycles. The van der Waals surface area contributed by atoms with Crippen molar-refractivity contribution >= 4 is 23.6 Å². The Hall–Kier alpha value is -0.750. The van der Waals surface area contributed by atoms with Crippen molar-refractivity contribution in [3.8, 4) is 0 Å². The second-order valence-electron chi connectivity index (χ2n) is 3.13. The van der Waals surface area contributed by atoms with Gasteiger partial charge in [0.25, 0.3) is 0 Å². The third-order valence-corrected chi connectivity index (χ3v) is 3.37. The molecule has 0 aromatic heterocycles. The monoisotopic (exact) mass is 218 g/mol. The van der Waals surface area contributed by atoms with E-state index in [9.17, 15) is 9.59 Å². The molecule has 0 aliphatic carbocycles. The number of amides is 1. The Labute approximate surface area is 86.6 Å². The second kappa shape index (κ2) is 4.65. The van der Waals surface area contributed by atoms with Crippen molar-refractivity contribution in [1.82, 2.24) is 4.90 Å². The van der Waals surface area contributed by atoms with E-state index in [-0.39, 0.29) is 24.2 Å². The van der Waals surface area contributed by atoms with Gasteiger partial charge < -0.3 is 15.7 Å². The van der Waals surface area contributed by atoms with Gasteiger partial charge in [-0.3, -0.25) is 4.79 Å². The van der Waals surface area contributed by atoms with Crippen LogP contribution in [-0.2, 0) is 9.59 Å². The SMILES string of the molecule is CC1SCC(C(=O)O)N1C(=O)CCN. The van der Waals surface area contributed by atoms with E-state index in [0.717, 1.165) is 0 Å². The lowest BCUT2D eigenvalue weighted by molar-refractivity contribution is -0.148. The summed E-state index contributed by atoms with van der Waals surface area (Å²) >= 11 is 1.48. The first-order chi connectivity index (χ1) is 6.57. The first kappa shape index (κ1) is 11.3. The zero-order chi connectivity index (χ0) is 10.7. The maximum Gasteiger partial charge on any atom is 0.327 e. The summed E-state index contributed by atoms with van der Waals surface area (Å²) in [5.74, 6) is -0.642. The molecular weight excluding hydrogens is 204 g/mol. The third kappa shape index (κ3) is 2.19. The van der Waals surface area contributed by atoms with Crippen molar-refractivity contribution in [2.24, 2.45) is 5.73 Å². The molecule has 1 heterocycles. The topological polar surface area (TPSA) is 83.6 Å². The van der Waals surface area contributed by atoms with Crippen LogP contribution >= 0.6 is 11.8 Å². The average molecular weight is 218 g/mol. The lowest BCUT2D eigenvalue weighted by Crippen LogP contribution is -2.45. The van der Waals surface area contributed by atoms with Gasteiger partial charge in [0, 0.05) is 18.7 Å². The van der Waals surface area contributed by atoms with Crippen LogP contribution in [0.3, 0.4) is 0 Å². The molecule has 6 heteroatoms. The number of nitrogens with zero attached hydrogens (tertiary/aromatic N) is 1. The number of carboxylic acids is 1. The smallest absolute Gasteiger partial charge is 0.327 e. The van der Waals surface area contributed by atoms with E-state index in [1.807, 2.05) is 6.92 Å². The maximum atomic E-state index is 11.5. The number of thioether (sulfide) groups is 1. The molecular formula is C8H14N2O3S. The van der Waals surface area contributed by atoms with E-state index in [2.05, 4.69) is 0 Å². The van der Waals surface area contributed by atoms with Crippen molar-refractivity contribution in [3.05, 3.63) is 0 Å². The quantitative estimate of drug-likeness (QED) is 0.680. The molecule has 80 valence electrons. The number of nitrogens with two attached hydrogens (primary N) is 1. The van der Waals surface area contributed by atoms with Crippen molar-refractivity contribution in [2.45, 2.75) is 24.8 Å². The number of rotatable bonds is 3.